The number of anilines is 2. The van der Waals surface area contributed by atoms with Gasteiger partial charge in [-0.3, -0.25) is 29.8 Å². The summed E-state index contributed by atoms with van der Waals surface area (Å²) in [5.41, 5.74) is 1.27. The molecule has 0 spiro atoms. The van der Waals surface area contributed by atoms with Crippen molar-refractivity contribution in [1.82, 2.24) is 10.6 Å². The standard InChI is InChI=1S/C36H34N6O10S/c43-23-8-11-26-31(19-23)52-32-20-24(44)9-12-27(32)34(26)25-10-6-21(17-28(25)35(46)47)40-36(53)39-16-4-15-38-33(45)5-2-1-3-14-37-29-13-7-22(41(48)49)18-30(29)42(50)51/h6-13,17-20,37,43H,1-5,14-16H2,(H,38,45)(H,46,47)(H2,39,40,53). The number of carboxylic acid groups (broad SMARTS) is 1. The molecule has 6 N–H and O–H groups in total. The molecule has 1 heterocycles. The van der Waals surface area contributed by atoms with Crippen molar-refractivity contribution in [3.05, 3.63) is 109 Å². The minimum absolute atomic E-state index is 0.0293. The van der Waals surface area contributed by atoms with Crippen LogP contribution in [0.1, 0.15) is 42.5 Å². The van der Waals surface area contributed by atoms with Gasteiger partial charge in [0.15, 0.2) is 10.5 Å². The summed E-state index contributed by atoms with van der Waals surface area (Å²) in [5.74, 6) is -1.12. The number of hydrogen-bond acceptors (Lipinski definition) is 11. The molecule has 0 bridgehead atoms. The van der Waals surface area contributed by atoms with Gasteiger partial charge in [0.05, 0.1) is 21.5 Å². The van der Waals surface area contributed by atoms with E-state index in [2.05, 4.69) is 21.3 Å². The van der Waals surface area contributed by atoms with Crippen LogP contribution in [0.15, 0.2) is 82.0 Å². The van der Waals surface area contributed by atoms with Gasteiger partial charge in [-0.2, -0.15) is 0 Å². The number of non-ortho nitro benzene ring substituents is 1. The van der Waals surface area contributed by atoms with Crippen molar-refractivity contribution in [2.24, 2.45) is 0 Å². The van der Waals surface area contributed by atoms with Gasteiger partial charge in [-0.1, -0.05) is 12.5 Å². The van der Waals surface area contributed by atoms with Crippen LogP contribution in [0.3, 0.4) is 0 Å². The normalized spacial score (nSPS) is 10.9. The molecule has 0 atom stereocenters. The van der Waals surface area contributed by atoms with E-state index in [1.54, 1.807) is 24.3 Å². The number of phenols is 1. The highest BCUT2D eigenvalue weighted by molar-refractivity contribution is 7.80. The van der Waals surface area contributed by atoms with Crippen LogP contribution in [-0.4, -0.2) is 56.7 Å². The Labute approximate surface area is 306 Å². The number of amides is 1. The van der Waals surface area contributed by atoms with Gasteiger partial charge < -0.3 is 35.9 Å². The number of unbranched alkanes of at least 4 members (excludes halogenated alkanes) is 2. The van der Waals surface area contributed by atoms with E-state index in [0.717, 1.165) is 6.07 Å². The summed E-state index contributed by atoms with van der Waals surface area (Å²) in [6.45, 7) is 1.22. The molecule has 1 aliphatic carbocycles. The number of nitrogens with one attached hydrogen (secondary N) is 4. The van der Waals surface area contributed by atoms with Crippen molar-refractivity contribution in [1.29, 1.82) is 0 Å². The molecule has 0 unspecified atom stereocenters. The number of rotatable bonds is 16. The van der Waals surface area contributed by atoms with E-state index >= 15 is 0 Å². The zero-order chi connectivity index (χ0) is 38.1. The van der Waals surface area contributed by atoms with E-state index < -0.39 is 15.8 Å². The highest BCUT2D eigenvalue weighted by Crippen LogP contribution is 2.42. The quantitative estimate of drug-likeness (QED) is 0.0215. The fourth-order valence-corrected chi connectivity index (χ4v) is 5.91. The van der Waals surface area contributed by atoms with Gasteiger partial charge in [0, 0.05) is 66.5 Å². The third-order valence-corrected chi connectivity index (χ3v) is 8.45. The number of phenolic OH excluding ortho intramolecular Hbond substituents is 1. The Balaban J connectivity index is 1.06. The summed E-state index contributed by atoms with van der Waals surface area (Å²) in [7, 11) is 0. The van der Waals surface area contributed by atoms with Crippen LogP contribution in [0.2, 0.25) is 0 Å². The van der Waals surface area contributed by atoms with Crippen LogP contribution in [0.4, 0.5) is 22.7 Å². The first-order chi connectivity index (χ1) is 25.4. The molecule has 3 aromatic carbocycles. The number of carbonyl (C=O) groups is 2. The number of fused-ring (bicyclic) bond motifs is 2. The predicted octanol–water partition coefficient (Wildman–Crippen LogP) is 6.25. The maximum absolute atomic E-state index is 12.5. The number of carboxylic acids is 1. The van der Waals surface area contributed by atoms with Crippen LogP contribution in [0, 0.1) is 20.2 Å². The molecule has 5 rings (SSSR count). The summed E-state index contributed by atoms with van der Waals surface area (Å²) in [5, 5.41) is 54.9. The number of carbonyl (C=O) groups excluding carboxylic acids is 1. The van der Waals surface area contributed by atoms with E-state index in [4.69, 9.17) is 16.6 Å². The molecule has 53 heavy (non-hydrogen) atoms. The number of thiocarbonyl (C=S) groups is 1. The first-order valence-electron chi connectivity index (χ1n) is 16.5. The lowest BCUT2D eigenvalue weighted by Crippen LogP contribution is -2.32. The number of aromatic carboxylic acids is 1. The minimum Gasteiger partial charge on any atom is -0.508 e. The summed E-state index contributed by atoms with van der Waals surface area (Å²) >= 11 is 5.39. The second kappa shape index (κ2) is 17.1. The largest absolute Gasteiger partial charge is 0.508 e. The van der Waals surface area contributed by atoms with Crippen molar-refractivity contribution in [3.63, 3.8) is 0 Å². The lowest BCUT2D eigenvalue weighted by Gasteiger charge is -2.18. The Kier molecular flexibility index (Phi) is 12.1. The van der Waals surface area contributed by atoms with Crippen LogP contribution >= 0.6 is 12.2 Å². The van der Waals surface area contributed by atoms with Crippen LogP contribution in [-0.2, 0) is 4.79 Å². The minimum atomic E-state index is -1.19. The first-order valence-corrected chi connectivity index (χ1v) is 16.9. The molecule has 3 aromatic rings. The van der Waals surface area contributed by atoms with Crippen molar-refractivity contribution in [2.45, 2.75) is 32.1 Å². The molecule has 0 fully saturated rings. The number of benzene rings is 4. The highest BCUT2D eigenvalue weighted by atomic mass is 32.1. The second-order valence-electron chi connectivity index (χ2n) is 11.9. The molecule has 1 amide bonds. The van der Waals surface area contributed by atoms with Crippen LogP contribution in [0.25, 0.3) is 33.4 Å². The zero-order valence-electron chi connectivity index (χ0n) is 28.0. The molecule has 0 radical (unpaired) electrons. The molecular weight excluding hydrogens is 708 g/mol. The van der Waals surface area contributed by atoms with Gasteiger partial charge in [0.2, 0.25) is 5.91 Å². The van der Waals surface area contributed by atoms with Gasteiger partial charge >= 0.3 is 5.97 Å². The van der Waals surface area contributed by atoms with Crippen molar-refractivity contribution in [3.8, 4) is 28.2 Å². The van der Waals surface area contributed by atoms with E-state index in [-0.39, 0.29) is 56.2 Å². The second-order valence-corrected chi connectivity index (χ2v) is 12.3. The number of nitro groups is 2. The van der Waals surface area contributed by atoms with Gasteiger partial charge in [-0.25, -0.2) is 4.79 Å². The number of nitrogens with zero attached hydrogens (tertiary/aromatic N) is 2. The molecule has 17 heteroatoms. The third kappa shape index (κ3) is 9.59. The van der Waals surface area contributed by atoms with Gasteiger partial charge in [-0.05, 0) is 79.5 Å². The fraction of sp³-hybridized carbons (Fsp3) is 0.222. The van der Waals surface area contributed by atoms with E-state index in [9.17, 15) is 44.8 Å². The van der Waals surface area contributed by atoms with Crippen molar-refractivity contribution < 1.29 is 34.1 Å². The van der Waals surface area contributed by atoms with Crippen molar-refractivity contribution in [2.75, 3.05) is 30.3 Å². The van der Waals surface area contributed by atoms with Gasteiger partial charge in [-0.15, -0.1) is 0 Å². The number of hydrogen-bond donors (Lipinski definition) is 6. The highest BCUT2D eigenvalue weighted by Gasteiger charge is 2.23. The van der Waals surface area contributed by atoms with Gasteiger partial charge in [0.25, 0.3) is 11.4 Å². The summed E-state index contributed by atoms with van der Waals surface area (Å²) in [6, 6.07) is 16.9. The molecule has 1 aliphatic heterocycles. The van der Waals surface area contributed by atoms with E-state index in [1.165, 1.54) is 42.5 Å². The Morgan fingerprint density at radius 1 is 0.811 bits per heavy atom. The van der Waals surface area contributed by atoms with Crippen LogP contribution in [0.5, 0.6) is 5.75 Å². The summed E-state index contributed by atoms with van der Waals surface area (Å²) < 4.78 is 5.87. The smallest absolute Gasteiger partial charge is 0.336 e. The average Bonchev–Trinajstić information content (AvgIpc) is 3.11. The molecule has 274 valence electrons. The topological polar surface area (TPSA) is 239 Å². The van der Waals surface area contributed by atoms with Crippen LogP contribution < -0.4 is 26.7 Å². The lowest BCUT2D eigenvalue weighted by atomic mass is 9.90. The SMILES string of the molecule is O=C(CCCCCNc1ccc([N+](=O)[O-])cc1[N+](=O)[O-])NCCCNC(=S)Nc1ccc(-c2c3ccc(=O)cc-3oc3cc(O)ccc23)c(C(=O)O)c1. The summed E-state index contributed by atoms with van der Waals surface area (Å²) in [6.07, 6.45) is 2.80. The number of nitro benzene ring substituents is 2. The fourth-order valence-electron chi connectivity index (χ4n) is 5.69. The number of aromatic hydroxyl groups is 1. The predicted molar refractivity (Wildman–Crippen MR) is 202 cm³/mol. The molecule has 0 saturated carbocycles. The Bertz CT molecular complexity index is 2240. The van der Waals surface area contributed by atoms with E-state index in [1.807, 2.05) is 0 Å². The molecule has 16 nitrogen and oxygen atoms in total. The maximum Gasteiger partial charge on any atom is 0.336 e. The van der Waals surface area contributed by atoms with Crippen molar-refractivity contribution >= 4 is 62.9 Å². The monoisotopic (exact) mass is 742 g/mol. The Morgan fingerprint density at radius 2 is 1.58 bits per heavy atom. The van der Waals surface area contributed by atoms with Gasteiger partial charge in [0.1, 0.15) is 22.8 Å². The Morgan fingerprint density at radius 3 is 2.34 bits per heavy atom. The van der Waals surface area contributed by atoms with E-state index in [0.29, 0.717) is 79.5 Å². The molecule has 0 saturated heterocycles. The molecule has 2 aliphatic rings. The molecule has 0 aromatic heterocycles. The zero-order valence-corrected chi connectivity index (χ0v) is 28.9. The summed E-state index contributed by atoms with van der Waals surface area (Å²) in [4.78, 5) is 57.5. The Hall–Kier alpha value is -6.62. The first kappa shape index (κ1) is 37.6. The third-order valence-electron chi connectivity index (χ3n) is 8.20. The maximum atomic E-state index is 12.5. The average molecular weight is 743 g/mol. The molecular formula is C36H34N6O10S. The lowest BCUT2D eigenvalue weighted by molar-refractivity contribution is -0.393.